The van der Waals surface area contributed by atoms with Gasteiger partial charge in [0.25, 0.3) is 0 Å². The summed E-state index contributed by atoms with van der Waals surface area (Å²) in [5, 5.41) is 1.13. The topological polar surface area (TPSA) is 85.2 Å². The molecule has 160 valence electrons. The predicted molar refractivity (Wildman–Crippen MR) is 109 cm³/mol. The van der Waals surface area contributed by atoms with E-state index in [1.54, 1.807) is 0 Å². The van der Waals surface area contributed by atoms with Gasteiger partial charge in [0.05, 0.1) is 15.9 Å². The molecule has 0 aliphatic carbocycles. The lowest BCUT2D eigenvalue weighted by Gasteiger charge is -2.22. The van der Waals surface area contributed by atoms with Crippen molar-refractivity contribution in [2.24, 2.45) is 0 Å². The number of hydrogen-bond donors (Lipinski definition) is 0. The number of pyridine rings is 1. The third-order valence-corrected chi connectivity index (χ3v) is 6.72. The molecule has 0 radical (unpaired) electrons. The molecule has 1 saturated heterocycles. The number of esters is 1. The molecule has 1 aromatic heterocycles. The number of carbonyl (C=O) groups is 1. The van der Waals surface area contributed by atoms with Crippen molar-refractivity contribution in [1.82, 2.24) is 4.57 Å². The Morgan fingerprint density at radius 2 is 2.23 bits per heavy atom. The van der Waals surface area contributed by atoms with Gasteiger partial charge >= 0.3 is 5.97 Å². The number of thioether (sulfide) groups is 1. The number of rotatable bonds is 5. The van der Waals surface area contributed by atoms with Crippen molar-refractivity contribution < 1.29 is 28.5 Å². The monoisotopic (exact) mass is 433 g/mol. The van der Waals surface area contributed by atoms with Gasteiger partial charge in [-0.1, -0.05) is 6.92 Å². The minimum Gasteiger partial charge on any atom is -0.454 e. The van der Waals surface area contributed by atoms with Crippen molar-refractivity contribution in [3.05, 3.63) is 27.4 Å². The molecule has 3 aliphatic heterocycles. The van der Waals surface area contributed by atoms with Gasteiger partial charge in [0.1, 0.15) is 5.56 Å². The highest BCUT2D eigenvalue weighted by atomic mass is 32.2. The normalized spacial score (nSPS) is 19.8. The molecule has 30 heavy (non-hydrogen) atoms. The maximum atomic E-state index is 13.5. The summed E-state index contributed by atoms with van der Waals surface area (Å²) in [5.41, 5.74) is 1.26. The van der Waals surface area contributed by atoms with Crippen LogP contribution in [-0.4, -0.2) is 42.8 Å². The molecule has 0 N–H and O–H groups in total. The van der Waals surface area contributed by atoms with Gasteiger partial charge < -0.3 is 28.3 Å². The number of aryl methyl sites for hydroxylation is 2. The summed E-state index contributed by atoms with van der Waals surface area (Å²) in [4.78, 5) is 26.4. The minimum absolute atomic E-state index is 0.0618. The molecular weight excluding hydrogens is 410 g/mol. The van der Waals surface area contributed by atoms with Gasteiger partial charge in [0, 0.05) is 30.5 Å². The zero-order chi connectivity index (χ0) is 20.7. The van der Waals surface area contributed by atoms with Crippen LogP contribution in [0.4, 0.5) is 0 Å². The number of fused-ring (bicyclic) bond motifs is 4. The lowest BCUT2D eigenvalue weighted by Crippen LogP contribution is -2.26. The molecule has 1 aromatic carbocycles. The molecule has 8 nitrogen and oxygen atoms in total. The third kappa shape index (κ3) is 3.25. The van der Waals surface area contributed by atoms with Crippen LogP contribution in [0.1, 0.15) is 42.1 Å². The van der Waals surface area contributed by atoms with Crippen molar-refractivity contribution in [2.45, 2.75) is 50.5 Å². The van der Waals surface area contributed by atoms with Crippen molar-refractivity contribution in [3.63, 3.8) is 0 Å². The maximum Gasteiger partial charge on any atom is 0.346 e. The van der Waals surface area contributed by atoms with Gasteiger partial charge in [-0.15, -0.1) is 11.8 Å². The quantitative estimate of drug-likeness (QED) is 0.525. The maximum absolute atomic E-state index is 13.5. The minimum atomic E-state index is -0.671. The lowest BCUT2D eigenvalue weighted by molar-refractivity contribution is -0.197. The molecule has 2 aromatic rings. The highest BCUT2D eigenvalue weighted by molar-refractivity contribution is 7.99. The first-order valence-electron chi connectivity index (χ1n) is 10.2. The number of benzene rings is 1. The highest BCUT2D eigenvalue weighted by Crippen LogP contribution is 2.42. The van der Waals surface area contributed by atoms with Crippen LogP contribution >= 0.6 is 11.8 Å². The lowest BCUT2D eigenvalue weighted by atomic mass is 10.0. The fraction of sp³-hybridized carbons (Fsp3) is 0.524. The molecule has 3 aliphatic rings. The Hall–Kier alpha value is -2.23. The van der Waals surface area contributed by atoms with Gasteiger partial charge in [0.2, 0.25) is 12.2 Å². The molecule has 1 atom stereocenters. The largest absolute Gasteiger partial charge is 0.454 e. The van der Waals surface area contributed by atoms with E-state index in [1.165, 1.54) is 11.8 Å². The Bertz CT molecular complexity index is 1060. The second-order valence-electron chi connectivity index (χ2n) is 7.36. The van der Waals surface area contributed by atoms with E-state index >= 15 is 0 Å². The summed E-state index contributed by atoms with van der Waals surface area (Å²) in [6.07, 6.45) is 3.02. The van der Waals surface area contributed by atoms with Crippen molar-refractivity contribution in [3.8, 4) is 11.5 Å². The molecule has 5 rings (SSSR count). The van der Waals surface area contributed by atoms with E-state index in [4.69, 9.17) is 23.7 Å². The van der Waals surface area contributed by atoms with Crippen LogP contribution in [0, 0.1) is 0 Å². The average molecular weight is 433 g/mol. The van der Waals surface area contributed by atoms with E-state index in [2.05, 4.69) is 0 Å². The molecule has 0 bridgehead atoms. The van der Waals surface area contributed by atoms with E-state index in [0.717, 1.165) is 36.1 Å². The van der Waals surface area contributed by atoms with E-state index in [9.17, 15) is 9.59 Å². The van der Waals surface area contributed by atoms with Crippen LogP contribution in [-0.2, 0) is 27.2 Å². The summed E-state index contributed by atoms with van der Waals surface area (Å²) in [6, 6.07) is 1.84. The van der Waals surface area contributed by atoms with Crippen LogP contribution in [0.15, 0.2) is 15.9 Å². The van der Waals surface area contributed by atoms with E-state index in [0.29, 0.717) is 41.5 Å². The number of carbonyl (C=O) groups excluding carboxylic acids is 1. The van der Waals surface area contributed by atoms with Gasteiger partial charge in [-0.05, 0) is 25.7 Å². The van der Waals surface area contributed by atoms with Crippen molar-refractivity contribution in [2.75, 3.05) is 25.9 Å². The molecule has 9 heteroatoms. The number of nitrogens with zero attached hydrogens (tertiary/aromatic N) is 1. The fourth-order valence-electron chi connectivity index (χ4n) is 4.23. The number of ether oxygens (including phenoxy) is 5. The van der Waals surface area contributed by atoms with E-state index in [-0.39, 0.29) is 30.9 Å². The SMILES string of the molecule is CCc1c2c(cc3c1c(=O)c(C(=O)OCOC1CCCCO1)c1n3CCS1)OCO2. The fourth-order valence-corrected chi connectivity index (χ4v) is 5.36. The standard InChI is InChI=1S/C21H23NO7S/c1-2-12-16-13(9-14-19(12)28-10-26-14)22-6-8-30-20(22)17(18(16)23)21(24)29-11-27-15-5-3-4-7-25-15/h9,15H,2-8,10-11H2,1H3. The van der Waals surface area contributed by atoms with Crippen LogP contribution < -0.4 is 14.9 Å². The molecule has 0 amide bonds. The van der Waals surface area contributed by atoms with Gasteiger partial charge in [-0.3, -0.25) is 4.79 Å². The molecule has 0 spiro atoms. The summed E-state index contributed by atoms with van der Waals surface area (Å²) >= 11 is 1.48. The first-order chi connectivity index (χ1) is 14.7. The van der Waals surface area contributed by atoms with Crippen molar-refractivity contribution in [1.29, 1.82) is 0 Å². The zero-order valence-corrected chi connectivity index (χ0v) is 17.5. The molecule has 4 heterocycles. The van der Waals surface area contributed by atoms with Gasteiger partial charge in [0.15, 0.2) is 24.6 Å². The van der Waals surface area contributed by atoms with Crippen LogP contribution in [0.25, 0.3) is 10.9 Å². The van der Waals surface area contributed by atoms with Crippen LogP contribution in [0.5, 0.6) is 11.5 Å². The summed E-state index contributed by atoms with van der Waals surface area (Å²) < 4.78 is 29.5. The Labute approximate surface area is 177 Å². The molecular formula is C21H23NO7S. The second-order valence-corrected chi connectivity index (χ2v) is 8.44. The first-order valence-corrected chi connectivity index (χ1v) is 11.2. The Kier molecular flexibility index (Phi) is 5.34. The smallest absolute Gasteiger partial charge is 0.346 e. The highest BCUT2D eigenvalue weighted by Gasteiger charge is 2.31. The third-order valence-electron chi connectivity index (χ3n) is 5.64. The first kappa shape index (κ1) is 19.7. The second kappa shape index (κ2) is 8.13. The van der Waals surface area contributed by atoms with Crippen molar-refractivity contribution >= 4 is 28.6 Å². The van der Waals surface area contributed by atoms with E-state index in [1.807, 2.05) is 17.6 Å². The summed E-state index contributed by atoms with van der Waals surface area (Å²) in [5.74, 6) is 1.34. The van der Waals surface area contributed by atoms with Crippen LogP contribution in [0.3, 0.4) is 0 Å². The number of hydrogen-bond acceptors (Lipinski definition) is 8. The molecule has 0 saturated carbocycles. The molecule has 1 unspecified atom stereocenters. The summed E-state index contributed by atoms with van der Waals surface area (Å²) in [6.45, 7) is 3.19. The molecule has 1 fully saturated rings. The summed E-state index contributed by atoms with van der Waals surface area (Å²) in [7, 11) is 0. The number of aromatic nitrogens is 1. The van der Waals surface area contributed by atoms with E-state index < -0.39 is 5.97 Å². The Morgan fingerprint density at radius 1 is 1.33 bits per heavy atom. The predicted octanol–water partition coefficient (Wildman–Crippen LogP) is 3.06. The van der Waals surface area contributed by atoms with Gasteiger partial charge in [-0.25, -0.2) is 4.79 Å². The zero-order valence-electron chi connectivity index (χ0n) is 16.7. The van der Waals surface area contributed by atoms with Gasteiger partial charge in [-0.2, -0.15) is 0 Å². The Balaban J connectivity index is 1.52. The van der Waals surface area contributed by atoms with Crippen LogP contribution in [0.2, 0.25) is 0 Å². The Morgan fingerprint density at radius 3 is 3.03 bits per heavy atom. The average Bonchev–Trinajstić information content (AvgIpc) is 3.42.